The zero-order valence-corrected chi connectivity index (χ0v) is 18.9. The molecule has 0 spiro atoms. The molecule has 0 radical (unpaired) electrons. The first-order valence-corrected chi connectivity index (χ1v) is 11.1. The SMILES string of the molecule is COc1ncnc2sc(NC(=O)ON3CCN(CCOc4cccc(C(F)(F)F)c4)CC3)nc12. The zero-order chi connectivity index (χ0) is 24.1. The summed E-state index contributed by atoms with van der Waals surface area (Å²) in [4.78, 5) is 32.5. The maximum atomic E-state index is 12.8. The topological polar surface area (TPSA) is 102 Å². The molecule has 1 aromatic carbocycles. The minimum atomic E-state index is -4.41. The second-order valence-electron chi connectivity index (χ2n) is 7.20. The first-order chi connectivity index (χ1) is 16.3. The van der Waals surface area contributed by atoms with E-state index in [9.17, 15) is 18.0 Å². The molecule has 10 nitrogen and oxygen atoms in total. The molecule has 1 amide bonds. The predicted octanol–water partition coefficient (Wildman–Crippen LogP) is 3.27. The van der Waals surface area contributed by atoms with E-state index in [0.717, 1.165) is 12.1 Å². The lowest BCUT2D eigenvalue weighted by molar-refractivity contribution is -0.137. The summed E-state index contributed by atoms with van der Waals surface area (Å²) < 4.78 is 49.0. The molecule has 0 unspecified atom stereocenters. The number of fused-ring (bicyclic) bond motifs is 1. The fraction of sp³-hybridized carbons (Fsp3) is 0.400. The Morgan fingerprint density at radius 1 is 1.21 bits per heavy atom. The summed E-state index contributed by atoms with van der Waals surface area (Å²) >= 11 is 1.17. The Bertz CT molecular complexity index is 1140. The van der Waals surface area contributed by atoms with Gasteiger partial charge in [-0.3, -0.25) is 10.2 Å². The van der Waals surface area contributed by atoms with Crippen LogP contribution in [0.2, 0.25) is 0 Å². The van der Waals surface area contributed by atoms with E-state index in [4.69, 9.17) is 14.3 Å². The van der Waals surface area contributed by atoms with E-state index < -0.39 is 17.8 Å². The van der Waals surface area contributed by atoms with Crippen molar-refractivity contribution in [2.75, 3.05) is 51.8 Å². The number of halogens is 3. The third kappa shape index (κ3) is 6.01. The van der Waals surface area contributed by atoms with Gasteiger partial charge in [0.15, 0.2) is 15.5 Å². The van der Waals surface area contributed by atoms with Gasteiger partial charge in [-0.15, -0.1) is 5.06 Å². The predicted molar refractivity (Wildman–Crippen MR) is 117 cm³/mol. The maximum Gasteiger partial charge on any atom is 0.432 e. The number of piperazine rings is 1. The number of thiazole rings is 1. The average molecular weight is 498 g/mol. The highest BCUT2D eigenvalue weighted by atomic mass is 32.1. The van der Waals surface area contributed by atoms with E-state index in [1.54, 1.807) is 0 Å². The van der Waals surface area contributed by atoms with Crippen LogP contribution < -0.4 is 14.8 Å². The van der Waals surface area contributed by atoms with Gasteiger partial charge in [0.25, 0.3) is 0 Å². The number of carbonyl (C=O) groups is 1. The molecule has 0 aliphatic carbocycles. The second kappa shape index (κ2) is 10.4. The Kier molecular flexibility index (Phi) is 7.29. The first-order valence-electron chi connectivity index (χ1n) is 10.2. The van der Waals surface area contributed by atoms with Crippen LogP contribution in [0.25, 0.3) is 10.3 Å². The smallest absolute Gasteiger partial charge is 0.432 e. The van der Waals surface area contributed by atoms with Crippen molar-refractivity contribution in [3.8, 4) is 11.6 Å². The van der Waals surface area contributed by atoms with Gasteiger partial charge in [0.1, 0.15) is 18.7 Å². The Hall–Kier alpha value is -3.23. The number of nitrogens with zero attached hydrogens (tertiary/aromatic N) is 5. The molecule has 1 aliphatic rings. The van der Waals surface area contributed by atoms with Crippen molar-refractivity contribution in [1.29, 1.82) is 0 Å². The molecule has 34 heavy (non-hydrogen) atoms. The number of hydrogen-bond acceptors (Lipinski definition) is 10. The molecule has 3 heterocycles. The molecule has 14 heteroatoms. The van der Waals surface area contributed by atoms with Gasteiger partial charge in [0.2, 0.25) is 5.88 Å². The molecule has 0 atom stereocenters. The third-order valence-electron chi connectivity index (χ3n) is 4.95. The van der Waals surface area contributed by atoms with E-state index in [1.165, 1.54) is 42.0 Å². The highest BCUT2D eigenvalue weighted by molar-refractivity contribution is 7.22. The Morgan fingerprint density at radius 2 is 2.00 bits per heavy atom. The second-order valence-corrected chi connectivity index (χ2v) is 8.18. The zero-order valence-electron chi connectivity index (χ0n) is 18.0. The lowest BCUT2D eigenvalue weighted by Gasteiger charge is -2.32. The van der Waals surface area contributed by atoms with Crippen molar-refractivity contribution < 1.29 is 32.3 Å². The Morgan fingerprint density at radius 3 is 2.74 bits per heavy atom. The molecule has 1 N–H and O–H groups in total. The number of aromatic nitrogens is 3. The molecule has 2 aromatic heterocycles. The van der Waals surface area contributed by atoms with Gasteiger partial charge in [-0.2, -0.15) is 18.2 Å². The summed E-state index contributed by atoms with van der Waals surface area (Å²) in [7, 11) is 1.47. The van der Waals surface area contributed by atoms with Crippen molar-refractivity contribution in [1.82, 2.24) is 24.9 Å². The number of rotatable bonds is 7. The Balaban J connectivity index is 1.19. The summed E-state index contributed by atoms with van der Waals surface area (Å²) in [5.74, 6) is 0.489. The van der Waals surface area contributed by atoms with Crippen LogP contribution in [0, 0.1) is 0 Å². The molecule has 1 fully saturated rings. The van der Waals surface area contributed by atoms with Crippen LogP contribution >= 0.6 is 11.3 Å². The fourth-order valence-corrected chi connectivity index (χ4v) is 4.05. The van der Waals surface area contributed by atoms with Crippen LogP contribution in [0.15, 0.2) is 30.6 Å². The molecule has 1 aliphatic heterocycles. The van der Waals surface area contributed by atoms with E-state index in [2.05, 4.69) is 25.2 Å². The van der Waals surface area contributed by atoms with Gasteiger partial charge in [0.05, 0.1) is 12.7 Å². The average Bonchev–Trinajstić information content (AvgIpc) is 3.22. The van der Waals surface area contributed by atoms with Gasteiger partial charge in [0, 0.05) is 32.7 Å². The van der Waals surface area contributed by atoms with Crippen molar-refractivity contribution in [2.45, 2.75) is 6.18 Å². The van der Waals surface area contributed by atoms with Crippen molar-refractivity contribution in [3.63, 3.8) is 0 Å². The monoisotopic (exact) mass is 498 g/mol. The minimum Gasteiger partial charge on any atom is -0.492 e. The van der Waals surface area contributed by atoms with Crippen LogP contribution in [-0.2, 0) is 11.0 Å². The number of carbonyl (C=O) groups excluding carboxylic acids is 1. The lowest BCUT2D eigenvalue weighted by atomic mass is 10.2. The van der Waals surface area contributed by atoms with Crippen LogP contribution in [0.5, 0.6) is 11.6 Å². The van der Waals surface area contributed by atoms with Gasteiger partial charge in [-0.1, -0.05) is 17.4 Å². The number of hydrogen-bond donors (Lipinski definition) is 1. The highest BCUT2D eigenvalue weighted by Crippen LogP contribution is 2.31. The number of ether oxygens (including phenoxy) is 2. The number of anilines is 1. The van der Waals surface area contributed by atoms with E-state index in [-0.39, 0.29) is 12.4 Å². The largest absolute Gasteiger partial charge is 0.492 e. The number of hydroxylamine groups is 2. The van der Waals surface area contributed by atoms with Crippen LogP contribution in [0.3, 0.4) is 0 Å². The summed E-state index contributed by atoms with van der Waals surface area (Å²) in [6.45, 7) is 2.92. The standard InChI is InChI=1S/C20H21F3N6O4S/c1-31-16-15-17(25-12-24-16)34-18(26-15)27-19(30)33-29-7-5-28(6-8-29)9-10-32-14-4-2-3-13(11-14)20(21,22)23/h2-4,11-12H,5-10H2,1H3,(H,26,27,30). The molecular weight excluding hydrogens is 477 g/mol. The van der Waals surface area contributed by atoms with Gasteiger partial charge in [-0.05, 0) is 18.2 Å². The van der Waals surface area contributed by atoms with Crippen LogP contribution in [0.4, 0.5) is 23.1 Å². The normalized spacial score (nSPS) is 15.3. The highest BCUT2D eigenvalue weighted by Gasteiger charge is 2.30. The van der Waals surface area contributed by atoms with Crippen molar-refractivity contribution in [2.24, 2.45) is 0 Å². The maximum absolute atomic E-state index is 12.8. The molecule has 3 aromatic rings. The molecule has 182 valence electrons. The number of methoxy groups -OCH3 is 1. The van der Waals surface area contributed by atoms with Crippen LogP contribution in [-0.4, -0.2) is 77.4 Å². The van der Waals surface area contributed by atoms with E-state index in [1.807, 2.05) is 0 Å². The number of alkyl halides is 3. The van der Waals surface area contributed by atoms with Gasteiger partial charge >= 0.3 is 12.3 Å². The lowest BCUT2D eigenvalue weighted by Crippen LogP contribution is -2.48. The minimum absolute atomic E-state index is 0.173. The molecule has 0 saturated carbocycles. The fourth-order valence-electron chi connectivity index (χ4n) is 3.26. The van der Waals surface area contributed by atoms with Crippen molar-refractivity contribution in [3.05, 3.63) is 36.2 Å². The van der Waals surface area contributed by atoms with E-state index >= 15 is 0 Å². The van der Waals surface area contributed by atoms with E-state index in [0.29, 0.717) is 54.1 Å². The number of benzene rings is 1. The molecule has 1 saturated heterocycles. The van der Waals surface area contributed by atoms with Crippen LogP contribution in [0.1, 0.15) is 5.56 Å². The van der Waals surface area contributed by atoms with Gasteiger partial charge in [-0.25, -0.2) is 14.8 Å². The number of amides is 1. The third-order valence-corrected chi connectivity index (χ3v) is 5.82. The molecule has 4 rings (SSSR count). The van der Waals surface area contributed by atoms with Gasteiger partial charge < -0.3 is 14.3 Å². The summed E-state index contributed by atoms with van der Waals surface area (Å²) in [5, 5.41) is 4.42. The summed E-state index contributed by atoms with van der Waals surface area (Å²) in [6, 6.07) is 4.80. The molecule has 0 bridgehead atoms. The summed E-state index contributed by atoms with van der Waals surface area (Å²) in [5.41, 5.74) is -0.293. The number of nitrogens with one attached hydrogen (secondary N) is 1. The van der Waals surface area contributed by atoms with Crippen molar-refractivity contribution >= 4 is 32.9 Å². The quantitative estimate of drug-likeness (QED) is 0.526. The molecular formula is C20H21F3N6O4S. The summed E-state index contributed by atoms with van der Waals surface area (Å²) in [6.07, 6.45) is -3.73. The first kappa shape index (κ1) is 23.9. The Labute approximate surface area is 196 Å².